The molecule has 1 aliphatic heterocycles. The van der Waals surface area contributed by atoms with Crippen molar-refractivity contribution in [3.05, 3.63) is 52.2 Å². The molecule has 30 heavy (non-hydrogen) atoms. The van der Waals surface area contributed by atoms with Crippen molar-refractivity contribution in [3.63, 3.8) is 0 Å². The predicted molar refractivity (Wildman–Crippen MR) is 106 cm³/mol. The van der Waals surface area contributed by atoms with E-state index in [2.05, 4.69) is 15.2 Å². The van der Waals surface area contributed by atoms with E-state index in [0.717, 1.165) is 4.52 Å². The number of fused-ring (bicyclic) bond motifs is 1. The Balaban J connectivity index is 1.27. The van der Waals surface area contributed by atoms with Crippen molar-refractivity contribution in [3.8, 4) is 0 Å². The topological polar surface area (TPSA) is 105 Å². The Morgan fingerprint density at radius 3 is 2.73 bits per heavy atom. The minimum Gasteiger partial charge on any atom is -0.343 e. The number of carbonyl (C=O) groups is 2. The number of H-pyrrole nitrogens is 1. The molecular weight excluding hydrogens is 391 g/mol. The fraction of sp³-hybridized carbons (Fsp3) is 0.450. The summed E-state index contributed by atoms with van der Waals surface area (Å²) < 4.78 is 16.2. The van der Waals surface area contributed by atoms with Gasteiger partial charge in [0, 0.05) is 45.1 Å². The first-order chi connectivity index (χ1) is 14.4. The van der Waals surface area contributed by atoms with Gasteiger partial charge in [0.05, 0.1) is 11.8 Å². The molecule has 1 amide bonds. The first kappa shape index (κ1) is 20.0. The molecule has 3 aromatic rings. The molecule has 0 bridgehead atoms. The van der Waals surface area contributed by atoms with Crippen LogP contribution in [0.1, 0.15) is 41.9 Å². The van der Waals surface area contributed by atoms with Gasteiger partial charge in [-0.1, -0.05) is 0 Å². The molecule has 1 N–H and O–H groups in total. The van der Waals surface area contributed by atoms with Gasteiger partial charge in [-0.3, -0.25) is 19.1 Å². The second-order valence-electron chi connectivity index (χ2n) is 7.63. The van der Waals surface area contributed by atoms with Gasteiger partial charge in [-0.2, -0.15) is 19.1 Å². The summed E-state index contributed by atoms with van der Waals surface area (Å²) in [7, 11) is 1.77. The Bertz CT molecular complexity index is 1140. The molecule has 0 unspecified atom stereocenters. The minimum absolute atomic E-state index is 0.0119. The van der Waals surface area contributed by atoms with Gasteiger partial charge in [-0.15, -0.1) is 0 Å². The molecule has 1 saturated heterocycles. The van der Waals surface area contributed by atoms with Crippen molar-refractivity contribution in [1.82, 2.24) is 29.3 Å². The highest BCUT2D eigenvalue weighted by Gasteiger charge is 2.28. The highest BCUT2D eigenvalue weighted by Crippen LogP contribution is 2.22. The third kappa shape index (κ3) is 4.03. The Morgan fingerprint density at radius 1 is 1.27 bits per heavy atom. The molecule has 0 atom stereocenters. The third-order valence-corrected chi connectivity index (χ3v) is 5.53. The quantitative estimate of drug-likeness (QED) is 0.613. The third-order valence-electron chi connectivity index (χ3n) is 5.53. The molecule has 4 heterocycles. The summed E-state index contributed by atoms with van der Waals surface area (Å²) in [5.41, 5.74) is 0.353. The number of Topliss-reactive ketones (excluding diaryl/α,β-unsaturated/α-hetero) is 1. The van der Waals surface area contributed by atoms with Gasteiger partial charge in [0.25, 0.3) is 5.56 Å². The van der Waals surface area contributed by atoms with Crippen LogP contribution in [0.25, 0.3) is 5.52 Å². The highest BCUT2D eigenvalue weighted by molar-refractivity contribution is 5.97. The normalized spacial score (nSPS) is 15.1. The standard InChI is InChI=1S/C20H23FN6O3/c1-25-12-14(11-22-25)19(29)13-7-9-26(10-8-13)18(28)4-2-3-17-23-20(30)15-5-6-16(21)27(15)24-17/h5-6,11-13H,2-4,7-10H2,1H3,(H,23,24,30). The molecule has 0 aliphatic carbocycles. The van der Waals surface area contributed by atoms with E-state index < -0.39 is 11.5 Å². The number of hydrogen-bond acceptors (Lipinski definition) is 5. The van der Waals surface area contributed by atoms with Gasteiger partial charge >= 0.3 is 0 Å². The number of nitrogens with one attached hydrogen (secondary N) is 1. The maximum Gasteiger partial charge on any atom is 0.275 e. The number of piperidine rings is 1. The lowest BCUT2D eigenvalue weighted by molar-refractivity contribution is -0.132. The van der Waals surface area contributed by atoms with Crippen molar-refractivity contribution in [1.29, 1.82) is 0 Å². The fourth-order valence-electron chi connectivity index (χ4n) is 3.87. The number of aromatic amines is 1. The van der Waals surface area contributed by atoms with Crippen LogP contribution in [-0.2, 0) is 18.3 Å². The van der Waals surface area contributed by atoms with Gasteiger partial charge < -0.3 is 9.88 Å². The summed E-state index contributed by atoms with van der Waals surface area (Å²) in [6, 6.07) is 2.56. The van der Waals surface area contributed by atoms with E-state index in [1.165, 1.54) is 12.1 Å². The van der Waals surface area contributed by atoms with Gasteiger partial charge in [-0.05, 0) is 31.4 Å². The summed E-state index contributed by atoms with van der Waals surface area (Å²) in [5, 5.41) is 8.12. The van der Waals surface area contributed by atoms with E-state index in [-0.39, 0.29) is 23.1 Å². The van der Waals surface area contributed by atoms with Crippen LogP contribution in [0.2, 0.25) is 0 Å². The molecule has 1 fully saturated rings. The fourth-order valence-corrected chi connectivity index (χ4v) is 3.87. The molecular formula is C20H23FN6O3. The number of nitrogens with zero attached hydrogens (tertiary/aromatic N) is 5. The molecule has 10 heteroatoms. The monoisotopic (exact) mass is 414 g/mol. The number of rotatable bonds is 6. The second kappa shape index (κ2) is 8.21. The van der Waals surface area contributed by atoms with Crippen molar-refractivity contribution >= 4 is 17.2 Å². The minimum atomic E-state index is -0.600. The molecule has 4 rings (SSSR count). The van der Waals surface area contributed by atoms with Gasteiger partial charge in [0.15, 0.2) is 5.78 Å². The van der Waals surface area contributed by atoms with Crippen LogP contribution in [-0.4, -0.2) is 54.1 Å². The zero-order valence-electron chi connectivity index (χ0n) is 16.7. The highest BCUT2D eigenvalue weighted by atomic mass is 19.1. The van der Waals surface area contributed by atoms with E-state index in [0.29, 0.717) is 56.6 Å². The smallest absolute Gasteiger partial charge is 0.275 e. The number of halogens is 1. The van der Waals surface area contributed by atoms with E-state index in [9.17, 15) is 18.8 Å². The largest absolute Gasteiger partial charge is 0.343 e. The number of likely N-dealkylation sites (tertiary alicyclic amines) is 1. The van der Waals surface area contributed by atoms with E-state index in [1.807, 2.05) is 0 Å². The number of carbonyl (C=O) groups excluding carboxylic acids is 2. The molecule has 0 saturated carbocycles. The molecule has 158 valence electrons. The van der Waals surface area contributed by atoms with Gasteiger partial charge in [0.2, 0.25) is 11.9 Å². The van der Waals surface area contributed by atoms with Crippen molar-refractivity contribution in [2.24, 2.45) is 13.0 Å². The lowest BCUT2D eigenvalue weighted by Crippen LogP contribution is -2.40. The number of amides is 1. The van der Waals surface area contributed by atoms with Gasteiger partial charge in [-0.25, -0.2) is 0 Å². The van der Waals surface area contributed by atoms with Crippen LogP contribution in [0.4, 0.5) is 4.39 Å². The van der Waals surface area contributed by atoms with E-state index >= 15 is 0 Å². The molecule has 3 aromatic heterocycles. The van der Waals surface area contributed by atoms with Crippen molar-refractivity contribution in [2.45, 2.75) is 32.1 Å². The van der Waals surface area contributed by atoms with Crippen LogP contribution >= 0.6 is 0 Å². The Kier molecular flexibility index (Phi) is 5.47. The summed E-state index contributed by atoms with van der Waals surface area (Å²) in [6.45, 7) is 1.09. The molecule has 0 spiro atoms. The lowest BCUT2D eigenvalue weighted by atomic mass is 9.90. The molecule has 0 radical (unpaired) electrons. The Labute approximate surface area is 171 Å². The molecule has 1 aliphatic rings. The number of aromatic nitrogens is 5. The second-order valence-corrected chi connectivity index (χ2v) is 7.63. The lowest BCUT2D eigenvalue weighted by Gasteiger charge is -2.31. The first-order valence-corrected chi connectivity index (χ1v) is 9.99. The molecule has 9 nitrogen and oxygen atoms in total. The van der Waals surface area contributed by atoms with E-state index in [1.54, 1.807) is 29.0 Å². The summed E-state index contributed by atoms with van der Waals surface area (Å²) >= 11 is 0. The van der Waals surface area contributed by atoms with Crippen LogP contribution in [0.5, 0.6) is 0 Å². The Hall–Kier alpha value is -3.30. The maximum atomic E-state index is 13.7. The zero-order valence-corrected chi connectivity index (χ0v) is 16.7. The van der Waals surface area contributed by atoms with E-state index in [4.69, 9.17) is 0 Å². The summed E-state index contributed by atoms with van der Waals surface area (Å²) in [5.74, 6) is -0.250. The zero-order chi connectivity index (χ0) is 21.3. The SMILES string of the molecule is Cn1cc(C(=O)C2CCN(C(=O)CCCc3nn4c(F)ccc4c(=O)[nH]3)CC2)cn1. The van der Waals surface area contributed by atoms with Crippen molar-refractivity contribution < 1.29 is 14.0 Å². The van der Waals surface area contributed by atoms with Crippen LogP contribution in [0.3, 0.4) is 0 Å². The van der Waals surface area contributed by atoms with Crippen LogP contribution in [0.15, 0.2) is 29.3 Å². The predicted octanol–water partition coefficient (Wildman–Crippen LogP) is 1.34. The average Bonchev–Trinajstić information content (AvgIpc) is 3.34. The maximum absolute atomic E-state index is 13.7. The van der Waals surface area contributed by atoms with Crippen molar-refractivity contribution in [2.75, 3.05) is 13.1 Å². The number of hydrogen-bond donors (Lipinski definition) is 1. The Morgan fingerprint density at radius 2 is 2.03 bits per heavy atom. The average molecular weight is 414 g/mol. The van der Waals surface area contributed by atoms with Crippen LogP contribution < -0.4 is 5.56 Å². The number of ketones is 1. The molecule has 0 aromatic carbocycles. The van der Waals surface area contributed by atoms with Crippen LogP contribution in [0, 0.1) is 11.9 Å². The number of aryl methyl sites for hydroxylation is 2. The van der Waals surface area contributed by atoms with Gasteiger partial charge in [0.1, 0.15) is 11.3 Å². The summed E-state index contributed by atoms with van der Waals surface area (Å²) in [4.78, 5) is 41.4. The first-order valence-electron chi connectivity index (χ1n) is 9.99. The summed E-state index contributed by atoms with van der Waals surface area (Å²) in [6.07, 6.45) is 5.73.